The number of hydrogen-bond acceptors (Lipinski definition) is 8. The molecule has 0 fully saturated rings. The number of aliphatic hydroxyl groups excluding tert-OH is 1. The molecule has 0 aromatic heterocycles. The van der Waals surface area contributed by atoms with Crippen molar-refractivity contribution in [3.63, 3.8) is 0 Å². The standard InChI is InChI=1S/C44H40BrCl2N3O8/c1-56-39-24-34(35(45)25-40(39)57-2)42(53)48-37(22-27-9-8-12-31(21-27)58-30-10-4-3-5-11-30)38(51)26-49(19-17-28-15-16-29(46)23-36(28)47)41(52)18-20-50-43(54)32-13-6-7-14-33(32)44(50)55/h3-16,21,23-25,37-38,51H,17-20,22,26H2,1-2H3,(H,48,53). The van der Waals surface area contributed by atoms with Crippen LogP contribution in [0.5, 0.6) is 23.0 Å². The second-order valence-electron chi connectivity index (χ2n) is 13.5. The molecule has 1 aliphatic rings. The Kier molecular flexibility index (Phi) is 14.1. The number of halogens is 3. The molecule has 5 aromatic carbocycles. The van der Waals surface area contributed by atoms with Gasteiger partial charge in [-0.05, 0) is 101 Å². The van der Waals surface area contributed by atoms with Crippen molar-refractivity contribution in [3.05, 3.63) is 152 Å². The zero-order valence-electron chi connectivity index (χ0n) is 31.6. The normalized spacial score (nSPS) is 13.1. The van der Waals surface area contributed by atoms with E-state index >= 15 is 0 Å². The molecule has 0 saturated carbocycles. The fourth-order valence-electron chi connectivity index (χ4n) is 6.63. The van der Waals surface area contributed by atoms with E-state index in [2.05, 4.69) is 21.2 Å². The average molecular weight is 890 g/mol. The summed E-state index contributed by atoms with van der Waals surface area (Å²) in [6.45, 7) is -0.271. The van der Waals surface area contributed by atoms with Crippen LogP contribution < -0.4 is 19.5 Å². The van der Waals surface area contributed by atoms with Crippen molar-refractivity contribution in [3.8, 4) is 23.0 Å². The summed E-state index contributed by atoms with van der Waals surface area (Å²) in [6, 6.07) is 30.3. The molecule has 2 unspecified atom stereocenters. The van der Waals surface area contributed by atoms with E-state index in [9.17, 15) is 24.3 Å². The highest BCUT2D eigenvalue weighted by molar-refractivity contribution is 9.10. The molecule has 300 valence electrons. The van der Waals surface area contributed by atoms with E-state index in [1.165, 1.54) is 25.2 Å². The highest BCUT2D eigenvalue weighted by Crippen LogP contribution is 2.34. The highest BCUT2D eigenvalue weighted by atomic mass is 79.9. The van der Waals surface area contributed by atoms with Gasteiger partial charge in [-0.1, -0.05) is 71.7 Å². The first-order valence-corrected chi connectivity index (χ1v) is 19.9. The zero-order valence-corrected chi connectivity index (χ0v) is 34.7. The molecular formula is C44H40BrCl2N3O8. The van der Waals surface area contributed by atoms with E-state index in [-0.39, 0.29) is 49.2 Å². The molecule has 1 heterocycles. The Labute approximate surface area is 354 Å². The maximum absolute atomic E-state index is 14.1. The van der Waals surface area contributed by atoms with Gasteiger partial charge < -0.3 is 29.5 Å². The Bertz CT molecular complexity index is 2280. The molecule has 0 saturated heterocycles. The van der Waals surface area contributed by atoms with E-state index in [0.29, 0.717) is 43.9 Å². The van der Waals surface area contributed by atoms with Crippen molar-refractivity contribution in [2.45, 2.75) is 31.4 Å². The topological polar surface area (TPSA) is 135 Å². The van der Waals surface area contributed by atoms with E-state index in [0.717, 1.165) is 16.0 Å². The lowest BCUT2D eigenvalue weighted by Gasteiger charge is -2.31. The Morgan fingerprint density at radius 3 is 2.16 bits per heavy atom. The molecule has 14 heteroatoms. The predicted molar refractivity (Wildman–Crippen MR) is 224 cm³/mol. The molecule has 0 radical (unpaired) electrons. The third kappa shape index (κ3) is 10.2. The van der Waals surface area contributed by atoms with Gasteiger partial charge in [0.05, 0.1) is 43.1 Å². The smallest absolute Gasteiger partial charge is 0.261 e. The zero-order chi connectivity index (χ0) is 41.3. The quantitative estimate of drug-likeness (QED) is 0.0898. The summed E-state index contributed by atoms with van der Waals surface area (Å²) in [5.41, 5.74) is 2.24. The summed E-state index contributed by atoms with van der Waals surface area (Å²) in [5.74, 6) is 0.0284. The predicted octanol–water partition coefficient (Wildman–Crippen LogP) is 8.03. The van der Waals surface area contributed by atoms with Gasteiger partial charge in [-0.2, -0.15) is 0 Å². The molecule has 5 aromatic rings. The minimum absolute atomic E-state index is 0.113. The molecule has 11 nitrogen and oxygen atoms in total. The van der Waals surface area contributed by atoms with Crippen molar-refractivity contribution in [1.82, 2.24) is 15.1 Å². The van der Waals surface area contributed by atoms with Crippen molar-refractivity contribution in [1.29, 1.82) is 0 Å². The number of fused-ring (bicyclic) bond motifs is 1. The number of rotatable bonds is 17. The van der Waals surface area contributed by atoms with Gasteiger partial charge in [-0.15, -0.1) is 0 Å². The van der Waals surface area contributed by atoms with Crippen LogP contribution in [0.2, 0.25) is 10.0 Å². The van der Waals surface area contributed by atoms with Crippen LogP contribution in [-0.4, -0.2) is 84.5 Å². The number of nitrogens with one attached hydrogen (secondary N) is 1. The fraction of sp³-hybridized carbons (Fsp3) is 0.227. The third-order valence-electron chi connectivity index (χ3n) is 9.69. The number of hydrogen-bond donors (Lipinski definition) is 2. The monoisotopic (exact) mass is 887 g/mol. The van der Waals surface area contributed by atoms with Gasteiger partial charge in [0, 0.05) is 40.6 Å². The Morgan fingerprint density at radius 1 is 0.828 bits per heavy atom. The number of carbonyl (C=O) groups is 4. The number of amides is 4. The summed E-state index contributed by atoms with van der Waals surface area (Å²) < 4.78 is 17.3. The first kappa shape index (κ1) is 42.2. The van der Waals surface area contributed by atoms with Crippen molar-refractivity contribution in [2.24, 2.45) is 0 Å². The van der Waals surface area contributed by atoms with Crippen LogP contribution in [0.25, 0.3) is 0 Å². The number of ether oxygens (including phenoxy) is 3. The van der Waals surface area contributed by atoms with Gasteiger partial charge >= 0.3 is 0 Å². The largest absolute Gasteiger partial charge is 0.493 e. The number of aliphatic hydroxyl groups is 1. The number of carbonyl (C=O) groups excluding carboxylic acids is 4. The first-order chi connectivity index (χ1) is 27.9. The second-order valence-corrected chi connectivity index (χ2v) is 15.2. The van der Waals surface area contributed by atoms with Gasteiger partial charge in [0.15, 0.2) is 11.5 Å². The van der Waals surface area contributed by atoms with E-state index in [4.69, 9.17) is 37.4 Å². The molecule has 4 amide bonds. The van der Waals surface area contributed by atoms with Crippen LogP contribution in [-0.2, 0) is 17.6 Å². The molecule has 2 atom stereocenters. The van der Waals surface area contributed by atoms with E-state index in [1.807, 2.05) is 48.5 Å². The Hall–Kier alpha value is -5.40. The summed E-state index contributed by atoms with van der Waals surface area (Å²) in [5, 5.41) is 15.9. The van der Waals surface area contributed by atoms with Crippen LogP contribution in [0, 0.1) is 0 Å². The van der Waals surface area contributed by atoms with Crippen LogP contribution >= 0.6 is 39.1 Å². The van der Waals surface area contributed by atoms with Gasteiger partial charge in [-0.3, -0.25) is 24.1 Å². The molecule has 0 aliphatic carbocycles. The number of para-hydroxylation sites is 1. The molecule has 0 spiro atoms. The van der Waals surface area contributed by atoms with Crippen molar-refractivity contribution < 1.29 is 38.5 Å². The lowest BCUT2D eigenvalue weighted by molar-refractivity contribution is -0.133. The second kappa shape index (κ2) is 19.4. The first-order valence-electron chi connectivity index (χ1n) is 18.3. The molecule has 58 heavy (non-hydrogen) atoms. The van der Waals surface area contributed by atoms with Gasteiger partial charge in [0.25, 0.3) is 17.7 Å². The molecular weight excluding hydrogens is 849 g/mol. The number of methoxy groups -OCH3 is 2. The Balaban J connectivity index is 1.27. The molecule has 6 rings (SSSR count). The molecule has 0 bridgehead atoms. The molecule has 1 aliphatic heterocycles. The lowest BCUT2D eigenvalue weighted by atomic mass is 9.99. The van der Waals surface area contributed by atoms with Crippen LogP contribution in [0.15, 0.2) is 114 Å². The van der Waals surface area contributed by atoms with Crippen LogP contribution in [0.3, 0.4) is 0 Å². The van der Waals surface area contributed by atoms with Crippen molar-refractivity contribution in [2.75, 3.05) is 33.9 Å². The maximum atomic E-state index is 14.1. The summed E-state index contributed by atoms with van der Waals surface area (Å²) >= 11 is 16.1. The lowest BCUT2D eigenvalue weighted by Crippen LogP contribution is -2.51. The maximum Gasteiger partial charge on any atom is 0.261 e. The fourth-order valence-corrected chi connectivity index (χ4v) is 7.64. The van der Waals surface area contributed by atoms with E-state index < -0.39 is 35.8 Å². The average Bonchev–Trinajstić information content (AvgIpc) is 3.46. The number of nitrogens with zero attached hydrogens (tertiary/aromatic N) is 2. The van der Waals surface area contributed by atoms with Crippen molar-refractivity contribution >= 4 is 62.8 Å². The molecule has 2 N–H and O–H groups in total. The summed E-state index contributed by atoms with van der Waals surface area (Å²) in [4.78, 5) is 56.8. The minimum atomic E-state index is -1.31. The van der Waals surface area contributed by atoms with Crippen LogP contribution in [0.4, 0.5) is 0 Å². The van der Waals surface area contributed by atoms with Gasteiger partial charge in [-0.25, -0.2) is 0 Å². The summed E-state index contributed by atoms with van der Waals surface area (Å²) in [7, 11) is 2.95. The van der Waals surface area contributed by atoms with E-state index in [1.54, 1.807) is 54.6 Å². The van der Waals surface area contributed by atoms with Gasteiger partial charge in [0.2, 0.25) is 5.91 Å². The third-order valence-corrected chi connectivity index (χ3v) is 10.9. The summed E-state index contributed by atoms with van der Waals surface area (Å²) in [6.07, 6.45) is -1.08. The SMILES string of the molecule is COc1cc(Br)c(C(=O)NC(Cc2cccc(Oc3ccccc3)c2)C(O)CN(CCc2ccc(Cl)cc2Cl)C(=O)CCN2C(=O)c3ccccc3C2=O)cc1OC. The number of imide groups is 1. The minimum Gasteiger partial charge on any atom is -0.493 e. The van der Waals surface area contributed by atoms with Crippen LogP contribution in [0.1, 0.15) is 48.6 Å². The van der Waals surface area contributed by atoms with Gasteiger partial charge in [0.1, 0.15) is 11.5 Å². The highest BCUT2D eigenvalue weighted by Gasteiger charge is 2.36. The Morgan fingerprint density at radius 2 is 1.48 bits per heavy atom. The number of benzene rings is 5.